The number of ketones is 1. The van der Waals surface area contributed by atoms with Gasteiger partial charge in [0.05, 0.1) is 25.4 Å². The molecule has 0 aliphatic carbocycles. The van der Waals surface area contributed by atoms with Crippen LogP contribution in [0.2, 0.25) is 5.02 Å². The van der Waals surface area contributed by atoms with Crippen LogP contribution in [0.1, 0.15) is 22.0 Å². The summed E-state index contributed by atoms with van der Waals surface area (Å²) in [5.41, 5.74) is 1.71. The van der Waals surface area contributed by atoms with Crippen molar-refractivity contribution in [3.63, 3.8) is 0 Å². The van der Waals surface area contributed by atoms with Gasteiger partial charge in [-0.15, -0.1) is 11.3 Å². The van der Waals surface area contributed by atoms with Crippen LogP contribution in [0, 0.1) is 6.92 Å². The van der Waals surface area contributed by atoms with Crippen LogP contribution in [-0.4, -0.2) is 31.0 Å². The van der Waals surface area contributed by atoms with Gasteiger partial charge in [-0.05, 0) is 60.3 Å². The number of aliphatic hydroxyl groups excluding tert-OH is 1. The molecule has 1 amide bonds. The zero-order valence-electron chi connectivity index (χ0n) is 17.6. The minimum absolute atomic E-state index is 0.000957. The van der Waals surface area contributed by atoms with E-state index >= 15 is 0 Å². The SMILES string of the molecule is COc1ccc(/C(O)=C2\C(=O)C(=O)N(c3ccc(Cl)cc3)C2c2sccc2C)c(OC)c1. The topological polar surface area (TPSA) is 76.1 Å². The van der Waals surface area contributed by atoms with Gasteiger partial charge >= 0.3 is 0 Å². The Morgan fingerprint density at radius 1 is 1.06 bits per heavy atom. The van der Waals surface area contributed by atoms with E-state index in [1.165, 1.54) is 30.5 Å². The first kappa shape index (κ1) is 21.9. The summed E-state index contributed by atoms with van der Waals surface area (Å²) in [4.78, 5) is 28.6. The fourth-order valence-electron chi connectivity index (χ4n) is 3.75. The van der Waals surface area contributed by atoms with E-state index in [4.69, 9.17) is 21.1 Å². The largest absolute Gasteiger partial charge is 0.507 e. The Morgan fingerprint density at radius 3 is 2.38 bits per heavy atom. The highest BCUT2D eigenvalue weighted by molar-refractivity contribution is 7.10. The quantitative estimate of drug-likeness (QED) is 0.309. The van der Waals surface area contributed by atoms with Crippen molar-refractivity contribution in [2.24, 2.45) is 0 Å². The Hall–Kier alpha value is -3.29. The molecule has 8 heteroatoms. The van der Waals surface area contributed by atoms with Crippen LogP contribution in [0.4, 0.5) is 5.69 Å². The van der Waals surface area contributed by atoms with E-state index in [1.54, 1.807) is 42.5 Å². The Kier molecular flexibility index (Phi) is 5.95. The van der Waals surface area contributed by atoms with E-state index in [9.17, 15) is 14.7 Å². The number of anilines is 1. The van der Waals surface area contributed by atoms with Crippen molar-refractivity contribution >= 4 is 46.1 Å². The van der Waals surface area contributed by atoms with Gasteiger partial charge in [0.15, 0.2) is 0 Å². The first-order chi connectivity index (χ1) is 15.4. The van der Waals surface area contributed by atoms with Gasteiger partial charge in [-0.3, -0.25) is 14.5 Å². The van der Waals surface area contributed by atoms with E-state index in [0.29, 0.717) is 27.8 Å². The summed E-state index contributed by atoms with van der Waals surface area (Å²) < 4.78 is 10.6. The monoisotopic (exact) mass is 469 g/mol. The molecule has 4 rings (SSSR count). The lowest BCUT2D eigenvalue weighted by atomic mass is 9.97. The van der Waals surface area contributed by atoms with Gasteiger partial charge in [0.2, 0.25) is 0 Å². The standard InChI is InChI=1S/C24H20ClNO5S/c1-13-10-11-32-23(13)20-19(21(27)17-9-8-16(30-2)12-18(17)31-3)22(28)24(29)26(20)15-6-4-14(25)5-7-15/h4-12,20,27H,1-3H3/b21-19+. The van der Waals surface area contributed by atoms with Crippen LogP contribution in [-0.2, 0) is 9.59 Å². The van der Waals surface area contributed by atoms with Crippen LogP contribution in [0.15, 0.2) is 59.5 Å². The van der Waals surface area contributed by atoms with Crippen LogP contribution in [0.3, 0.4) is 0 Å². The van der Waals surface area contributed by atoms with Crippen molar-refractivity contribution in [3.05, 3.63) is 80.5 Å². The van der Waals surface area contributed by atoms with Crippen LogP contribution in [0.5, 0.6) is 11.5 Å². The molecule has 1 unspecified atom stereocenters. The third kappa shape index (κ3) is 3.63. The number of hydrogen-bond donors (Lipinski definition) is 1. The highest BCUT2D eigenvalue weighted by atomic mass is 35.5. The highest BCUT2D eigenvalue weighted by Crippen LogP contribution is 2.46. The number of rotatable bonds is 5. The van der Waals surface area contributed by atoms with E-state index in [2.05, 4.69) is 0 Å². The molecule has 2 heterocycles. The second-order valence-corrected chi connectivity index (χ2v) is 8.56. The molecule has 1 saturated heterocycles. The number of nitrogens with zero attached hydrogens (tertiary/aromatic N) is 1. The van der Waals surface area contributed by atoms with Crippen molar-refractivity contribution in [3.8, 4) is 11.5 Å². The fraction of sp³-hybridized carbons (Fsp3) is 0.167. The van der Waals surface area contributed by atoms with E-state index in [-0.39, 0.29) is 11.3 Å². The molecule has 0 spiro atoms. The number of methoxy groups -OCH3 is 2. The maximum atomic E-state index is 13.2. The molecule has 2 aromatic carbocycles. The lowest BCUT2D eigenvalue weighted by molar-refractivity contribution is -0.132. The van der Waals surface area contributed by atoms with E-state index < -0.39 is 17.7 Å². The molecule has 1 N–H and O–H groups in total. The summed E-state index contributed by atoms with van der Waals surface area (Å²) in [6.45, 7) is 1.90. The molecular formula is C24H20ClNO5S. The molecule has 32 heavy (non-hydrogen) atoms. The Labute approximate surface area is 194 Å². The predicted molar refractivity (Wildman–Crippen MR) is 125 cm³/mol. The maximum absolute atomic E-state index is 13.2. The zero-order chi connectivity index (χ0) is 23.0. The number of carbonyl (C=O) groups excluding carboxylic acids is 2. The predicted octanol–water partition coefficient (Wildman–Crippen LogP) is 5.35. The maximum Gasteiger partial charge on any atom is 0.300 e. The number of ether oxygens (including phenoxy) is 2. The number of aliphatic hydroxyl groups is 1. The molecule has 1 fully saturated rings. The third-order valence-corrected chi connectivity index (χ3v) is 6.69. The molecule has 0 saturated carbocycles. The summed E-state index contributed by atoms with van der Waals surface area (Å²) in [6.07, 6.45) is 0. The number of amides is 1. The molecule has 0 bridgehead atoms. The lowest BCUT2D eigenvalue weighted by Gasteiger charge is -2.25. The summed E-state index contributed by atoms with van der Waals surface area (Å²) in [5, 5.41) is 13.7. The highest BCUT2D eigenvalue weighted by Gasteiger charge is 2.48. The van der Waals surface area contributed by atoms with Gasteiger partial charge in [0.1, 0.15) is 23.3 Å². The molecule has 1 aromatic heterocycles. The normalized spacial score (nSPS) is 17.6. The summed E-state index contributed by atoms with van der Waals surface area (Å²) in [6, 6.07) is 12.6. The van der Waals surface area contributed by atoms with Gasteiger partial charge < -0.3 is 14.6 Å². The van der Waals surface area contributed by atoms with Gasteiger partial charge in [-0.25, -0.2) is 0 Å². The Bertz CT molecular complexity index is 1230. The second kappa shape index (κ2) is 8.68. The molecule has 1 atom stereocenters. The molecular weight excluding hydrogens is 450 g/mol. The number of aryl methyl sites for hydroxylation is 1. The molecule has 164 valence electrons. The number of thiophene rings is 1. The molecule has 0 radical (unpaired) electrons. The van der Waals surface area contributed by atoms with Crippen molar-refractivity contribution < 1.29 is 24.2 Å². The lowest BCUT2D eigenvalue weighted by Crippen LogP contribution is -2.29. The van der Waals surface area contributed by atoms with Gasteiger partial charge in [0.25, 0.3) is 11.7 Å². The molecule has 1 aliphatic rings. The second-order valence-electron chi connectivity index (χ2n) is 7.18. The summed E-state index contributed by atoms with van der Waals surface area (Å²) in [5.74, 6) is -0.948. The number of carbonyl (C=O) groups is 2. The average molecular weight is 470 g/mol. The van der Waals surface area contributed by atoms with Gasteiger partial charge in [-0.1, -0.05) is 11.6 Å². The van der Waals surface area contributed by atoms with Gasteiger partial charge in [0, 0.05) is 21.7 Å². The van der Waals surface area contributed by atoms with E-state index in [0.717, 1.165) is 10.4 Å². The van der Waals surface area contributed by atoms with Crippen molar-refractivity contribution in [1.29, 1.82) is 0 Å². The van der Waals surface area contributed by atoms with Crippen LogP contribution in [0.25, 0.3) is 5.76 Å². The fourth-order valence-corrected chi connectivity index (χ4v) is 4.90. The molecule has 3 aromatic rings. The number of halogens is 1. The number of benzene rings is 2. The van der Waals surface area contributed by atoms with Gasteiger partial charge in [-0.2, -0.15) is 0 Å². The van der Waals surface area contributed by atoms with Crippen LogP contribution < -0.4 is 14.4 Å². The molecule has 6 nitrogen and oxygen atoms in total. The third-order valence-electron chi connectivity index (χ3n) is 5.36. The number of Topliss-reactive ketones (excluding diaryl/α,β-unsaturated/α-hetero) is 1. The minimum Gasteiger partial charge on any atom is -0.507 e. The average Bonchev–Trinajstić information content (AvgIpc) is 3.33. The minimum atomic E-state index is -0.789. The van der Waals surface area contributed by atoms with Crippen molar-refractivity contribution in [2.45, 2.75) is 13.0 Å². The van der Waals surface area contributed by atoms with Crippen LogP contribution >= 0.6 is 22.9 Å². The first-order valence-corrected chi connectivity index (χ1v) is 11.0. The Balaban J connectivity index is 1.96. The smallest absolute Gasteiger partial charge is 0.300 e. The summed E-state index contributed by atoms with van der Waals surface area (Å²) in [7, 11) is 2.98. The van der Waals surface area contributed by atoms with Crippen molar-refractivity contribution in [1.82, 2.24) is 0 Å². The Morgan fingerprint density at radius 2 is 1.78 bits per heavy atom. The van der Waals surface area contributed by atoms with E-state index in [1.807, 2.05) is 18.4 Å². The first-order valence-electron chi connectivity index (χ1n) is 9.70. The van der Waals surface area contributed by atoms with Crippen molar-refractivity contribution in [2.75, 3.05) is 19.1 Å². The summed E-state index contributed by atoms with van der Waals surface area (Å²) >= 11 is 7.44. The molecule has 1 aliphatic heterocycles. The number of hydrogen-bond acceptors (Lipinski definition) is 6. The zero-order valence-corrected chi connectivity index (χ0v) is 19.2.